The lowest BCUT2D eigenvalue weighted by Crippen LogP contribution is -2.39. The lowest BCUT2D eigenvalue weighted by atomic mass is 9.91. The summed E-state index contributed by atoms with van der Waals surface area (Å²) in [5, 5.41) is 13.9. The average molecular weight is 274 g/mol. The summed E-state index contributed by atoms with van der Waals surface area (Å²) in [4.78, 5) is 0. The topological polar surface area (TPSA) is 32.3 Å². The molecule has 2 nitrogen and oxygen atoms in total. The van der Waals surface area contributed by atoms with Gasteiger partial charge in [0, 0.05) is 16.1 Å². The SMILES string of the molecule is CC(C)(C)NCCC(C)(O)c1ccc(Cl)cc1F. The van der Waals surface area contributed by atoms with Crippen molar-refractivity contribution in [3.8, 4) is 0 Å². The van der Waals surface area contributed by atoms with Gasteiger partial charge in [-0.25, -0.2) is 4.39 Å². The molecule has 0 heterocycles. The number of rotatable bonds is 4. The van der Waals surface area contributed by atoms with Crippen molar-refractivity contribution in [2.24, 2.45) is 0 Å². The lowest BCUT2D eigenvalue weighted by molar-refractivity contribution is 0.0428. The van der Waals surface area contributed by atoms with Gasteiger partial charge in [-0.1, -0.05) is 17.7 Å². The summed E-state index contributed by atoms with van der Waals surface area (Å²) < 4.78 is 13.7. The predicted octanol–water partition coefficient (Wildman–Crippen LogP) is 3.46. The average Bonchev–Trinajstić information content (AvgIpc) is 2.13. The molecule has 2 N–H and O–H groups in total. The Labute approximate surface area is 113 Å². The second-order valence-corrected chi connectivity index (χ2v) is 6.26. The van der Waals surface area contributed by atoms with Crippen LogP contribution in [-0.4, -0.2) is 17.2 Å². The Morgan fingerprint density at radius 1 is 1.28 bits per heavy atom. The molecule has 102 valence electrons. The highest BCUT2D eigenvalue weighted by Crippen LogP contribution is 2.28. The third kappa shape index (κ3) is 4.56. The first-order valence-corrected chi connectivity index (χ1v) is 6.42. The van der Waals surface area contributed by atoms with E-state index in [0.717, 1.165) is 0 Å². The molecule has 0 aliphatic carbocycles. The van der Waals surface area contributed by atoms with Crippen molar-refractivity contribution >= 4 is 11.6 Å². The number of aliphatic hydroxyl groups is 1. The molecule has 0 bridgehead atoms. The summed E-state index contributed by atoms with van der Waals surface area (Å²) in [5.41, 5.74) is -0.940. The molecule has 0 aromatic heterocycles. The summed E-state index contributed by atoms with van der Waals surface area (Å²) >= 11 is 5.70. The van der Waals surface area contributed by atoms with Crippen LogP contribution in [0, 0.1) is 5.82 Å². The Morgan fingerprint density at radius 2 is 1.89 bits per heavy atom. The van der Waals surface area contributed by atoms with Gasteiger partial charge in [0.05, 0.1) is 5.60 Å². The van der Waals surface area contributed by atoms with E-state index in [1.54, 1.807) is 13.0 Å². The van der Waals surface area contributed by atoms with Gasteiger partial charge < -0.3 is 10.4 Å². The smallest absolute Gasteiger partial charge is 0.130 e. The van der Waals surface area contributed by atoms with Crippen LogP contribution >= 0.6 is 11.6 Å². The molecule has 1 rings (SSSR count). The third-order valence-electron chi connectivity index (χ3n) is 2.78. The molecular weight excluding hydrogens is 253 g/mol. The highest BCUT2D eigenvalue weighted by atomic mass is 35.5. The fourth-order valence-corrected chi connectivity index (χ4v) is 1.90. The largest absolute Gasteiger partial charge is 0.385 e. The summed E-state index contributed by atoms with van der Waals surface area (Å²) in [6, 6.07) is 4.35. The van der Waals surface area contributed by atoms with Gasteiger partial charge in [-0.3, -0.25) is 0 Å². The van der Waals surface area contributed by atoms with Crippen LogP contribution in [0.1, 0.15) is 39.7 Å². The van der Waals surface area contributed by atoms with Gasteiger partial charge in [0.15, 0.2) is 0 Å². The number of hydrogen-bond acceptors (Lipinski definition) is 2. The molecule has 0 spiro atoms. The number of nitrogens with one attached hydrogen (secondary N) is 1. The van der Waals surface area contributed by atoms with Crippen LogP contribution in [0.15, 0.2) is 18.2 Å². The zero-order valence-corrected chi connectivity index (χ0v) is 12.1. The van der Waals surface area contributed by atoms with Crippen molar-refractivity contribution in [3.63, 3.8) is 0 Å². The van der Waals surface area contributed by atoms with Crippen molar-refractivity contribution in [3.05, 3.63) is 34.6 Å². The molecule has 0 radical (unpaired) electrons. The highest BCUT2D eigenvalue weighted by molar-refractivity contribution is 6.30. The standard InChI is InChI=1S/C14H21ClFNO/c1-13(2,3)17-8-7-14(4,18)11-6-5-10(15)9-12(11)16/h5-6,9,17-18H,7-8H2,1-4H3. The van der Waals surface area contributed by atoms with E-state index in [-0.39, 0.29) is 11.1 Å². The van der Waals surface area contributed by atoms with Gasteiger partial charge in [-0.2, -0.15) is 0 Å². The van der Waals surface area contributed by atoms with E-state index >= 15 is 0 Å². The van der Waals surface area contributed by atoms with Crippen LogP contribution in [0.25, 0.3) is 0 Å². The van der Waals surface area contributed by atoms with E-state index in [9.17, 15) is 9.50 Å². The van der Waals surface area contributed by atoms with Crippen LogP contribution in [0.4, 0.5) is 4.39 Å². The molecule has 0 aliphatic heterocycles. The zero-order valence-electron chi connectivity index (χ0n) is 11.3. The quantitative estimate of drug-likeness (QED) is 0.880. The monoisotopic (exact) mass is 273 g/mol. The normalized spacial score (nSPS) is 15.5. The molecule has 1 unspecified atom stereocenters. The maximum Gasteiger partial charge on any atom is 0.130 e. The minimum atomic E-state index is -1.20. The van der Waals surface area contributed by atoms with Crippen LogP contribution in [0.5, 0.6) is 0 Å². The van der Waals surface area contributed by atoms with Crippen molar-refractivity contribution in [1.29, 1.82) is 0 Å². The Balaban J connectivity index is 2.73. The zero-order chi connectivity index (χ0) is 14.0. The van der Waals surface area contributed by atoms with Gasteiger partial charge in [0.2, 0.25) is 0 Å². The summed E-state index contributed by atoms with van der Waals surface area (Å²) in [6.07, 6.45) is 0.433. The van der Waals surface area contributed by atoms with Gasteiger partial charge in [0.25, 0.3) is 0 Å². The molecule has 0 fully saturated rings. The Morgan fingerprint density at radius 3 is 2.39 bits per heavy atom. The first-order valence-electron chi connectivity index (χ1n) is 6.05. The van der Waals surface area contributed by atoms with Gasteiger partial charge in [-0.15, -0.1) is 0 Å². The Kier molecular flexibility index (Phi) is 4.76. The van der Waals surface area contributed by atoms with E-state index < -0.39 is 11.4 Å². The van der Waals surface area contributed by atoms with Crippen molar-refractivity contribution < 1.29 is 9.50 Å². The van der Waals surface area contributed by atoms with Crippen LogP contribution in [-0.2, 0) is 5.60 Å². The third-order valence-corrected chi connectivity index (χ3v) is 3.01. The first kappa shape index (κ1) is 15.4. The summed E-state index contributed by atoms with van der Waals surface area (Å²) in [5.74, 6) is -0.469. The van der Waals surface area contributed by atoms with Crippen LogP contribution in [0.2, 0.25) is 5.02 Å². The second kappa shape index (κ2) is 5.55. The van der Waals surface area contributed by atoms with Crippen molar-refractivity contribution in [2.45, 2.75) is 45.3 Å². The Hall–Kier alpha value is -0.640. The van der Waals surface area contributed by atoms with Gasteiger partial charge >= 0.3 is 0 Å². The molecule has 1 aromatic carbocycles. The van der Waals surface area contributed by atoms with E-state index in [2.05, 4.69) is 5.32 Å². The van der Waals surface area contributed by atoms with E-state index in [1.807, 2.05) is 20.8 Å². The number of hydrogen-bond donors (Lipinski definition) is 2. The van der Waals surface area contributed by atoms with Crippen LogP contribution < -0.4 is 5.32 Å². The second-order valence-electron chi connectivity index (χ2n) is 5.82. The van der Waals surface area contributed by atoms with Gasteiger partial charge in [-0.05, 0) is 52.8 Å². The Bertz CT molecular complexity index is 413. The van der Waals surface area contributed by atoms with Crippen molar-refractivity contribution in [1.82, 2.24) is 5.32 Å². The minimum Gasteiger partial charge on any atom is -0.385 e. The van der Waals surface area contributed by atoms with E-state index in [4.69, 9.17) is 11.6 Å². The van der Waals surface area contributed by atoms with E-state index in [0.29, 0.717) is 18.0 Å². The summed E-state index contributed by atoms with van der Waals surface area (Å²) in [7, 11) is 0. The van der Waals surface area contributed by atoms with Crippen LogP contribution in [0.3, 0.4) is 0 Å². The van der Waals surface area contributed by atoms with Crippen molar-refractivity contribution in [2.75, 3.05) is 6.54 Å². The molecular formula is C14H21ClFNO. The maximum atomic E-state index is 13.7. The first-order chi connectivity index (χ1) is 8.12. The lowest BCUT2D eigenvalue weighted by Gasteiger charge is -2.27. The molecule has 0 aliphatic rings. The molecule has 0 saturated carbocycles. The molecule has 0 amide bonds. The predicted molar refractivity (Wildman–Crippen MR) is 73.4 cm³/mol. The molecule has 1 atom stereocenters. The highest BCUT2D eigenvalue weighted by Gasteiger charge is 2.26. The molecule has 0 saturated heterocycles. The molecule has 18 heavy (non-hydrogen) atoms. The van der Waals surface area contributed by atoms with E-state index in [1.165, 1.54) is 12.1 Å². The maximum absolute atomic E-state index is 13.7. The fraction of sp³-hybridized carbons (Fsp3) is 0.571. The number of benzene rings is 1. The minimum absolute atomic E-state index is 0.0192. The summed E-state index contributed by atoms with van der Waals surface area (Å²) in [6.45, 7) is 8.36. The number of halogens is 2. The molecule has 1 aromatic rings. The fourth-order valence-electron chi connectivity index (χ4n) is 1.74. The molecule has 4 heteroatoms. The van der Waals surface area contributed by atoms with Gasteiger partial charge in [0.1, 0.15) is 5.82 Å².